The lowest BCUT2D eigenvalue weighted by molar-refractivity contribution is -0.138. The number of rotatable bonds is 4. The first kappa shape index (κ1) is 27.4. The molecule has 0 aromatic heterocycles. The van der Waals surface area contributed by atoms with E-state index in [0.717, 1.165) is 12.7 Å². The minimum Gasteiger partial charge on any atom is -0.504 e. The number of benzene rings is 2. The number of carbonyl (C=O) groups is 5. The van der Waals surface area contributed by atoms with Gasteiger partial charge in [0.1, 0.15) is 0 Å². The first-order valence-corrected chi connectivity index (χ1v) is 13.8. The van der Waals surface area contributed by atoms with Crippen molar-refractivity contribution >= 4 is 41.5 Å². The molecule has 10 nitrogen and oxygen atoms in total. The summed E-state index contributed by atoms with van der Waals surface area (Å²) in [6.45, 7) is 1.79. The Morgan fingerprint density at radius 2 is 1.74 bits per heavy atom. The average Bonchev–Trinajstić information content (AvgIpc) is 3.37. The number of ether oxygens (including phenoxy) is 2. The molecule has 0 spiro atoms. The molecule has 0 bridgehead atoms. The number of allylic oxidation sites excluding steroid dienone is 3. The molecule has 10 heteroatoms. The number of hydrogen-bond acceptors (Lipinski definition) is 8. The van der Waals surface area contributed by atoms with Crippen molar-refractivity contribution in [2.24, 2.45) is 35.0 Å². The fraction of sp³-hybridized carbons (Fsp3) is 0.344. The van der Waals surface area contributed by atoms with Crippen molar-refractivity contribution in [3.8, 4) is 11.5 Å². The van der Waals surface area contributed by atoms with Crippen LogP contribution in [-0.4, -0.2) is 53.9 Å². The average molecular weight is 571 g/mol. The number of aromatic hydroxyl groups is 1. The largest absolute Gasteiger partial charge is 0.504 e. The topological polar surface area (TPSA) is 131 Å². The maximum Gasteiger partial charge on any atom is 0.423 e. The van der Waals surface area contributed by atoms with Gasteiger partial charge in [0.15, 0.2) is 11.5 Å². The number of para-hydroxylation sites is 1. The molecule has 1 saturated carbocycles. The Kier molecular flexibility index (Phi) is 6.51. The normalized spacial score (nSPS) is 30.3. The van der Waals surface area contributed by atoms with E-state index in [2.05, 4.69) is 0 Å². The van der Waals surface area contributed by atoms with Gasteiger partial charge in [-0.05, 0) is 55.5 Å². The zero-order valence-corrected chi connectivity index (χ0v) is 23.4. The summed E-state index contributed by atoms with van der Waals surface area (Å²) in [5.74, 6) is -5.19. The molecular weight excluding hydrogens is 540 g/mol. The van der Waals surface area contributed by atoms with Gasteiger partial charge in [0.25, 0.3) is 0 Å². The van der Waals surface area contributed by atoms with Gasteiger partial charge >= 0.3 is 6.09 Å². The summed E-state index contributed by atoms with van der Waals surface area (Å²) in [6.07, 6.45) is 4.93. The second-order valence-electron chi connectivity index (χ2n) is 11.3. The Labute approximate surface area is 242 Å². The molecule has 216 valence electrons. The first-order valence-electron chi connectivity index (χ1n) is 13.8. The van der Waals surface area contributed by atoms with Gasteiger partial charge in [-0.2, -0.15) is 4.90 Å². The van der Waals surface area contributed by atoms with Crippen LogP contribution in [0.25, 0.3) is 6.08 Å². The maximum atomic E-state index is 14.2. The number of fused-ring (bicyclic) bond motifs is 4. The zero-order valence-electron chi connectivity index (χ0n) is 23.4. The molecule has 0 radical (unpaired) electrons. The molecule has 2 saturated heterocycles. The smallest absolute Gasteiger partial charge is 0.423 e. The van der Waals surface area contributed by atoms with Gasteiger partial charge in [-0.25, -0.2) is 9.69 Å². The van der Waals surface area contributed by atoms with E-state index >= 15 is 0 Å². The third-order valence-corrected chi connectivity index (χ3v) is 9.40. The van der Waals surface area contributed by atoms with Crippen LogP contribution in [0.2, 0.25) is 0 Å². The fourth-order valence-corrected chi connectivity index (χ4v) is 7.32. The molecule has 6 atom stereocenters. The molecule has 42 heavy (non-hydrogen) atoms. The van der Waals surface area contributed by atoms with E-state index in [1.165, 1.54) is 18.1 Å². The number of imide groups is 4. The van der Waals surface area contributed by atoms with Gasteiger partial charge in [-0.1, -0.05) is 48.1 Å². The van der Waals surface area contributed by atoms with Crippen molar-refractivity contribution in [2.45, 2.75) is 19.8 Å². The summed E-state index contributed by atoms with van der Waals surface area (Å²) >= 11 is 0. The molecule has 2 aromatic rings. The van der Waals surface area contributed by atoms with Gasteiger partial charge in [0.05, 0.1) is 43.1 Å². The monoisotopic (exact) mass is 570 g/mol. The van der Waals surface area contributed by atoms with Gasteiger partial charge in [0.2, 0.25) is 23.6 Å². The number of phenols is 1. The lowest BCUT2D eigenvalue weighted by atomic mass is 9.52. The zero-order chi connectivity index (χ0) is 29.9. The highest BCUT2D eigenvalue weighted by atomic mass is 16.5. The Morgan fingerprint density at radius 1 is 1.00 bits per heavy atom. The minimum absolute atomic E-state index is 0.0184. The van der Waals surface area contributed by atoms with Crippen LogP contribution in [0.15, 0.2) is 66.3 Å². The van der Waals surface area contributed by atoms with Crippen molar-refractivity contribution in [1.82, 2.24) is 4.90 Å². The van der Waals surface area contributed by atoms with E-state index < -0.39 is 52.9 Å². The van der Waals surface area contributed by atoms with Crippen molar-refractivity contribution < 1.29 is 38.6 Å². The Balaban J connectivity index is 1.47. The fourth-order valence-electron chi connectivity index (χ4n) is 7.32. The summed E-state index contributed by atoms with van der Waals surface area (Å²) in [4.78, 5) is 69.1. The summed E-state index contributed by atoms with van der Waals surface area (Å²) in [6, 6.07) is 13.6. The van der Waals surface area contributed by atoms with Crippen LogP contribution in [0.5, 0.6) is 11.5 Å². The molecular formula is C32H30N2O8. The minimum atomic E-state index is -1.17. The number of phenolic OH excluding ortho intramolecular Hbond substituents is 1. The highest BCUT2D eigenvalue weighted by molar-refractivity contribution is 6.24. The molecule has 1 N–H and O–H groups in total. The van der Waals surface area contributed by atoms with Gasteiger partial charge < -0.3 is 14.6 Å². The van der Waals surface area contributed by atoms with E-state index in [0.29, 0.717) is 16.2 Å². The molecule has 3 fully saturated rings. The Hall–Kier alpha value is -4.73. The number of hydrogen-bond donors (Lipinski definition) is 1. The molecule has 2 aromatic carbocycles. The van der Waals surface area contributed by atoms with Gasteiger partial charge in [-0.3, -0.25) is 19.2 Å². The number of methoxy groups -OCH3 is 2. The third kappa shape index (κ3) is 3.81. The predicted molar refractivity (Wildman–Crippen MR) is 150 cm³/mol. The van der Waals surface area contributed by atoms with Crippen LogP contribution in [0, 0.1) is 35.0 Å². The summed E-state index contributed by atoms with van der Waals surface area (Å²) < 4.78 is 9.96. The van der Waals surface area contributed by atoms with E-state index in [4.69, 9.17) is 9.47 Å². The van der Waals surface area contributed by atoms with Crippen LogP contribution in [0.1, 0.15) is 25.3 Å². The maximum absolute atomic E-state index is 14.2. The second kappa shape index (κ2) is 9.97. The standard InChI is InChI=1S/C32H30N2O8/c1-32-22(13-9-17-10-14-24(35)25(15-17)41-2)19-11-12-20-26(29(38)34(27(20)36)31(40)42-3)21(19)16-23(32)28(37)33(30(32)39)18-7-5-4-6-8-18/h4-11,13-15,20-23,26,35H,12,16H2,1-3H3/t20-,21+,22-,23-,26-,32-/m0/s1. The number of carbonyl (C=O) groups excluding carboxylic acids is 5. The van der Waals surface area contributed by atoms with Crippen molar-refractivity contribution in [1.29, 1.82) is 0 Å². The lowest BCUT2D eigenvalue weighted by Gasteiger charge is -2.47. The summed E-state index contributed by atoms with van der Waals surface area (Å²) in [7, 11) is 2.56. The Morgan fingerprint density at radius 3 is 2.43 bits per heavy atom. The van der Waals surface area contributed by atoms with Crippen LogP contribution in [-0.2, 0) is 23.9 Å². The molecule has 6 rings (SSSR count). The highest BCUT2D eigenvalue weighted by Gasteiger charge is 2.67. The molecule has 2 aliphatic heterocycles. The second-order valence-corrected chi connectivity index (χ2v) is 11.3. The van der Waals surface area contributed by atoms with Crippen molar-refractivity contribution in [3.05, 3.63) is 71.8 Å². The van der Waals surface area contributed by atoms with Crippen molar-refractivity contribution in [2.75, 3.05) is 19.1 Å². The summed E-state index contributed by atoms with van der Waals surface area (Å²) in [5, 5.41) is 10.0. The third-order valence-electron chi connectivity index (χ3n) is 9.40. The highest BCUT2D eigenvalue weighted by Crippen LogP contribution is 2.61. The van der Waals surface area contributed by atoms with E-state index in [-0.39, 0.29) is 36.2 Å². The number of nitrogens with zero attached hydrogens (tertiary/aromatic N) is 2. The summed E-state index contributed by atoms with van der Waals surface area (Å²) in [5.41, 5.74) is 0.781. The molecule has 2 heterocycles. The first-order chi connectivity index (χ1) is 20.1. The Bertz CT molecular complexity index is 1580. The number of amides is 5. The number of anilines is 1. The van der Waals surface area contributed by atoms with Crippen LogP contribution in [0.4, 0.5) is 10.5 Å². The molecule has 4 aliphatic rings. The van der Waals surface area contributed by atoms with E-state index in [1.807, 2.05) is 12.2 Å². The van der Waals surface area contributed by atoms with Crippen LogP contribution in [0.3, 0.4) is 0 Å². The number of likely N-dealkylation sites (tertiary alicyclic amines) is 1. The lowest BCUT2D eigenvalue weighted by Crippen LogP contribution is -2.49. The van der Waals surface area contributed by atoms with Crippen LogP contribution < -0.4 is 9.64 Å². The van der Waals surface area contributed by atoms with Gasteiger partial charge in [0, 0.05) is 5.92 Å². The molecule has 2 aliphatic carbocycles. The van der Waals surface area contributed by atoms with Crippen LogP contribution >= 0.6 is 0 Å². The van der Waals surface area contributed by atoms with Gasteiger partial charge in [-0.15, -0.1) is 0 Å². The SMILES string of the molecule is COC(=O)N1C(=O)[C@H]2[C@H](CC=C3[C@H]2C[C@H]2C(=O)N(c4ccccc4)C(=O)[C@@]2(C)[C@H]3C=Cc2ccc(O)c(OC)c2)C1=O. The molecule has 0 unspecified atom stereocenters. The quantitative estimate of drug-likeness (QED) is 0.432. The predicted octanol–water partition coefficient (Wildman–Crippen LogP) is 3.94. The van der Waals surface area contributed by atoms with Crippen molar-refractivity contribution in [3.63, 3.8) is 0 Å². The molecule has 5 amide bonds. The van der Waals surface area contributed by atoms with E-state index in [1.54, 1.807) is 55.5 Å². The van der Waals surface area contributed by atoms with E-state index in [9.17, 15) is 29.1 Å².